The van der Waals surface area contributed by atoms with E-state index in [-0.39, 0.29) is 47.4 Å². The molecule has 0 atom stereocenters. The van der Waals surface area contributed by atoms with Gasteiger partial charge in [0, 0.05) is 56.6 Å². The standard InChI is InChI=1S/C33H45FN4O6/c1-7-43-27-17-21-9-10-38(32(35)29(21)30(34)31(27)44-8-2)18-26(40)22-15-24(33(3,4)5)23(20-42-6)25(16-22)36-11-13-37(14-12-36)28(41)19-39/h15-17,35,39H,7-14,18-20H2,1-6H3. The van der Waals surface area contributed by atoms with Crippen molar-refractivity contribution in [2.24, 2.45) is 0 Å². The molecule has 2 heterocycles. The predicted octanol–water partition coefficient (Wildman–Crippen LogP) is 3.77. The zero-order valence-electron chi connectivity index (χ0n) is 26.7. The lowest BCUT2D eigenvalue weighted by atomic mass is 9.81. The molecule has 4 rings (SSSR count). The van der Waals surface area contributed by atoms with Crippen molar-refractivity contribution in [3.05, 3.63) is 51.8 Å². The molecule has 0 unspecified atom stereocenters. The number of carbonyl (C=O) groups excluding carboxylic acids is 2. The van der Waals surface area contributed by atoms with Gasteiger partial charge in [0.25, 0.3) is 0 Å². The van der Waals surface area contributed by atoms with E-state index < -0.39 is 12.4 Å². The Labute approximate surface area is 259 Å². The highest BCUT2D eigenvalue weighted by molar-refractivity contribution is 6.05. The molecule has 11 heteroatoms. The normalized spacial score (nSPS) is 15.4. The van der Waals surface area contributed by atoms with Gasteiger partial charge in [0.15, 0.2) is 23.1 Å². The third-order valence-electron chi connectivity index (χ3n) is 8.15. The molecule has 2 aromatic rings. The summed E-state index contributed by atoms with van der Waals surface area (Å²) in [6, 6.07) is 5.53. The van der Waals surface area contributed by atoms with E-state index in [0.29, 0.717) is 69.2 Å². The average molecular weight is 613 g/mol. The number of aliphatic hydroxyl groups is 1. The smallest absolute Gasteiger partial charge is 0.248 e. The summed E-state index contributed by atoms with van der Waals surface area (Å²) in [7, 11) is 1.64. The number of amides is 1. The molecule has 0 aliphatic carbocycles. The number of hydrogen-bond acceptors (Lipinski definition) is 8. The van der Waals surface area contributed by atoms with Gasteiger partial charge in [-0.05, 0) is 55.0 Å². The van der Waals surface area contributed by atoms with Crippen LogP contribution in [-0.2, 0) is 28.0 Å². The minimum atomic E-state index is -0.644. The molecular formula is C33H45FN4O6. The first-order valence-electron chi connectivity index (χ1n) is 15.2. The molecule has 1 amide bonds. The number of halogens is 1. The van der Waals surface area contributed by atoms with Crippen molar-refractivity contribution >= 4 is 23.2 Å². The predicted molar refractivity (Wildman–Crippen MR) is 167 cm³/mol. The number of hydrogen-bond donors (Lipinski definition) is 2. The molecule has 1 saturated heterocycles. The first-order valence-corrected chi connectivity index (χ1v) is 15.2. The second-order valence-corrected chi connectivity index (χ2v) is 12.1. The minimum absolute atomic E-state index is 0.0139. The number of anilines is 1. The van der Waals surface area contributed by atoms with Crippen LogP contribution < -0.4 is 14.4 Å². The van der Waals surface area contributed by atoms with Crippen molar-refractivity contribution in [1.29, 1.82) is 5.41 Å². The molecule has 44 heavy (non-hydrogen) atoms. The van der Waals surface area contributed by atoms with Gasteiger partial charge >= 0.3 is 0 Å². The topological polar surface area (TPSA) is 116 Å². The van der Waals surface area contributed by atoms with Gasteiger partial charge in [-0.3, -0.25) is 15.0 Å². The number of carbonyl (C=O) groups is 2. The van der Waals surface area contributed by atoms with E-state index in [1.807, 2.05) is 19.1 Å². The van der Waals surface area contributed by atoms with Crippen LogP contribution in [0.1, 0.15) is 67.2 Å². The number of piperazine rings is 1. The molecule has 10 nitrogen and oxygen atoms in total. The van der Waals surface area contributed by atoms with Gasteiger partial charge in [0.1, 0.15) is 12.4 Å². The van der Waals surface area contributed by atoms with Crippen molar-refractivity contribution in [2.75, 3.05) is 71.1 Å². The third-order valence-corrected chi connectivity index (χ3v) is 8.15. The number of aliphatic hydroxyl groups excluding tert-OH is 1. The third kappa shape index (κ3) is 6.83. The Bertz CT molecular complexity index is 1400. The van der Waals surface area contributed by atoms with Crippen LogP contribution in [0.25, 0.3) is 0 Å². The summed E-state index contributed by atoms with van der Waals surface area (Å²) in [5, 5.41) is 18.2. The van der Waals surface area contributed by atoms with E-state index in [2.05, 4.69) is 25.7 Å². The van der Waals surface area contributed by atoms with E-state index in [0.717, 1.165) is 16.8 Å². The van der Waals surface area contributed by atoms with E-state index in [1.54, 1.807) is 29.9 Å². The number of nitrogens with one attached hydrogen (secondary N) is 1. The van der Waals surface area contributed by atoms with Gasteiger partial charge in [0.2, 0.25) is 5.91 Å². The van der Waals surface area contributed by atoms with Crippen LogP contribution in [0.4, 0.5) is 10.1 Å². The number of amidine groups is 1. The highest BCUT2D eigenvalue weighted by atomic mass is 19.1. The number of Topliss-reactive ketones (excluding diaryl/α,β-unsaturated/α-hetero) is 1. The molecule has 0 bridgehead atoms. The van der Waals surface area contributed by atoms with E-state index in [1.165, 1.54) is 0 Å². The fraction of sp³-hybridized carbons (Fsp3) is 0.545. The maximum atomic E-state index is 15.8. The molecule has 240 valence electrons. The number of benzene rings is 2. The summed E-state index contributed by atoms with van der Waals surface area (Å²) in [5.74, 6) is -0.874. The molecule has 2 N–H and O–H groups in total. The Morgan fingerprint density at radius 2 is 1.70 bits per heavy atom. The Hall–Kier alpha value is -3.70. The summed E-state index contributed by atoms with van der Waals surface area (Å²) in [5.41, 5.74) is 3.81. The molecule has 2 aromatic carbocycles. The first kappa shape index (κ1) is 33.2. The van der Waals surface area contributed by atoms with Crippen LogP contribution in [0.3, 0.4) is 0 Å². The summed E-state index contributed by atoms with van der Waals surface area (Å²) in [6.45, 7) is 12.6. The monoisotopic (exact) mass is 612 g/mol. The zero-order valence-corrected chi connectivity index (χ0v) is 26.7. The minimum Gasteiger partial charge on any atom is -0.490 e. The Balaban J connectivity index is 1.66. The molecule has 0 spiro atoms. The average Bonchev–Trinajstić information content (AvgIpc) is 2.99. The first-order chi connectivity index (χ1) is 20.9. The Morgan fingerprint density at radius 3 is 2.30 bits per heavy atom. The number of methoxy groups -OCH3 is 1. The van der Waals surface area contributed by atoms with Gasteiger partial charge in [-0.1, -0.05) is 20.8 Å². The zero-order chi connectivity index (χ0) is 32.2. The summed E-state index contributed by atoms with van der Waals surface area (Å²) in [6.07, 6.45) is 0.455. The van der Waals surface area contributed by atoms with Gasteiger partial charge in [-0.15, -0.1) is 0 Å². The summed E-state index contributed by atoms with van der Waals surface area (Å²) >= 11 is 0. The number of ketones is 1. The molecule has 0 saturated carbocycles. The van der Waals surface area contributed by atoms with Crippen LogP contribution in [0.5, 0.6) is 11.5 Å². The lowest BCUT2D eigenvalue weighted by Gasteiger charge is -2.38. The van der Waals surface area contributed by atoms with Gasteiger partial charge in [0.05, 0.1) is 31.9 Å². The fourth-order valence-electron chi connectivity index (χ4n) is 5.96. The summed E-state index contributed by atoms with van der Waals surface area (Å²) < 4.78 is 32.5. The summed E-state index contributed by atoms with van der Waals surface area (Å²) in [4.78, 5) is 31.4. The lowest BCUT2D eigenvalue weighted by Crippen LogP contribution is -2.50. The maximum Gasteiger partial charge on any atom is 0.248 e. The molecule has 2 aliphatic rings. The fourth-order valence-corrected chi connectivity index (χ4v) is 5.96. The number of fused-ring (bicyclic) bond motifs is 1. The van der Waals surface area contributed by atoms with Gasteiger partial charge in [-0.25, -0.2) is 4.39 Å². The lowest BCUT2D eigenvalue weighted by molar-refractivity contribution is -0.134. The van der Waals surface area contributed by atoms with Crippen molar-refractivity contribution < 1.29 is 33.3 Å². The molecule has 1 fully saturated rings. The van der Waals surface area contributed by atoms with Crippen molar-refractivity contribution in [3.8, 4) is 11.5 Å². The second kappa shape index (κ2) is 13.9. The van der Waals surface area contributed by atoms with Crippen molar-refractivity contribution in [3.63, 3.8) is 0 Å². The second-order valence-electron chi connectivity index (χ2n) is 12.1. The maximum absolute atomic E-state index is 15.8. The van der Waals surface area contributed by atoms with Gasteiger partial charge < -0.3 is 34.0 Å². The van der Waals surface area contributed by atoms with Crippen LogP contribution >= 0.6 is 0 Å². The van der Waals surface area contributed by atoms with Crippen LogP contribution in [0.15, 0.2) is 18.2 Å². The van der Waals surface area contributed by atoms with Crippen LogP contribution in [0, 0.1) is 11.2 Å². The highest BCUT2D eigenvalue weighted by Crippen LogP contribution is 2.38. The number of ether oxygens (including phenoxy) is 3. The molecule has 0 radical (unpaired) electrons. The largest absolute Gasteiger partial charge is 0.490 e. The number of rotatable bonds is 11. The van der Waals surface area contributed by atoms with Gasteiger partial charge in [-0.2, -0.15) is 0 Å². The number of nitrogens with zero attached hydrogens (tertiary/aromatic N) is 3. The van der Waals surface area contributed by atoms with E-state index >= 15 is 4.39 Å². The molecule has 2 aliphatic heterocycles. The molecular weight excluding hydrogens is 567 g/mol. The van der Waals surface area contributed by atoms with Crippen LogP contribution in [-0.4, -0.2) is 98.6 Å². The van der Waals surface area contributed by atoms with E-state index in [4.69, 9.17) is 19.6 Å². The molecule has 0 aromatic heterocycles. The Morgan fingerprint density at radius 1 is 1.02 bits per heavy atom. The quantitative estimate of drug-likeness (QED) is 0.369. The van der Waals surface area contributed by atoms with Crippen molar-refractivity contribution in [2.45, 2.75) is 53.1 Å². The van der Waals surface area contributed by atoms with Crippen LogP contribution in [0.2, 0.25) is 0 Å². The SMILES string of the molecule is CCOc1cc2c(c(F)c1OCC)C(=N)N(CC(=O)c1cc(N3CCN(C(=O)CO)CC3)c(COC)c(C(C)(C)C)c1)CC2. The highest BCUT2D eigenvalue weighted by Gasteiger charge is 2.32. The Kier molecular flexibility index (Phi) is 10.5. The van der Waals surface area contributed by atoms with Crippen molar-refractivity contribution in [1.82, 2.24) is 9.80 Å². The van der Waals surface area contributed by atoms with E-state index in [9.17, 15) is 14.7 Å².